The van der Waals surface area contributed by atoms with Gasteiger partial charge in [0.2, 0.25) is 0 Å². The van der Waals surface area contributed by atoms with Crippen LogP contribution in [0, 0.1) is 0 Å². The van der Waals surface area contributed by atoms with E-state index in [1.165, 1.54) is 11.1 Å². The van der Waals surface area contributed by atoms with Crippen LogP contribution >= 0.6 is 31.9 Å². The molecule has 0 atom stereocenters. The Labute approximate surface area is 134 Å². The molecule has 1 heterocycles. The second-order valence-corrected chi connectivity index (χ2v) is 5.84. The van der Waals surface area contributed by atoms with Gasteiger partial charge in [0.15, 0.2) is 0 Å². The quantitative estimate of drug-likeness (QED) is 0.591. The van der Waals surface area contributed by atoms with Crippen molar-refractivity contribution in [3.8, 4) is 22.4 Å². The van der Waals surface area contributed by atoms with Crippen molar-refractivity contribution < 1.29 is 0 Å². The first-order valence-corrected chi connectivity index (χ1v) is 7.66. The first-order valence-electron chi connectivity index (χ1n) is 6.08. The molecule has 20 heavy (non-hydrogen) atoms. The van der Waals surface area contributed by atoms with Gasteiger partial charge in [-0.3, -0.25) is 0 Å². The van der Waals surface area contributed by atoms with Crippen LogP contribution in [0.25, 0.3) is 22.4 Å². The van der Waals surface area contributed by atoms with Gasteiger partial charge in [-0.15, -0.1) is 0 Å². The van der Waals surface area contributed by atoms with E-state index in [9.17, 15) is 0 Å². The Balaban J connectivity index is 2.00. The van der Waals surface area contributed by atoms with E-state index >= 15 is 0 Å². The monoisotopic (exact) mass is 388 g/mol. The van der Waals surface area contributed by atoms with Gasteiger partial charge in [-0.1, -0.05) is 54.6 Å². The maximum Gasteiger partial charge on any atom is 0.132 e. The molecule has 0 aliphatic carbocycles. The molecule has 0 saturated heterocycles. The zero-order chi connectivity index (χ0) is 13.9. The predicted molar refractivity (Wildman–Crippen MR) is 88.3 cm³/mol. The summed E-state index contributed by atoms with van der Waals surface area (Å²) in [7, 11) is 0. The lowest BCUT2D eigenvalue weighted by atomic mass is 10.0. The fraction of sp³-hybridized carbons (Fsp3) is 0. The first kappa shape index (κ1) is 13.5. The van der Waals surface area contributed by atoms with Gasteiger partial charge in [0, 0.05) is 5.56 Å². The zero-order valence-electron chi connectivity index (χ0n) is 10.4. The summed E-state index contributed by atoms with van der Waals surface area (Å²) in [4.78, 5) is 8.70. The van der Waals surface area contributed by atoms with Gasteiger partial charge in [-0.25, -0.2) is 9.97 Å². The van der Waals surface area contributed by atoms with Gasteiger partial charge in [0.25, 0.3) is 0 Å². The SMILES string of the molecule is Brc1cnc(Br)c(-c2ccc(-c3ccccc3)cc2)n1. The molecule has 0 aliphatic heterocycles. The molecule has 0 unspecified atom stereocenters. The number of halogens is 2. The summed E-state index contributed by atoms with van der Waals surface area (Å²) in [5.74, 6) is 0. The number of hydrogen-bond donors (Lipinski definition) is 0. The largest absolute Gasteiger partial charge is 0.244 e. The second-order valence-electron chi connectivity index (χ2n) is 4.28. The number of hydrogen-bond acceptors (Lipinski definition) is 2. The van der Waals surface area contributed by atoms with Crippen molar-refractivity contribution in [2.24, 2.45) is 0 Å². The number of benzene rings is 2. The highest BCUT2D eigenvalue weighted by Crippen LogP contribution is 2.28. The minimum Gasteiger partial charge on any atom is -0.244 e. The molecule has 0 bridgehead atoms. The highest BCUT2D eigenvalue weighted by Gasteiger charge is 2.07. The Kier molecular flexibility index (Phi) is 3.94. The molecule has 1 aromatic heterocycles. The molecule has 0 saturated carbocycles. The van der Waals surface area contributed by atoms with Gasteiger partial charge in [0.05, 0.1) is 6.20 Å². The molecule has 0 radical (unpaired) electrons. The van der Waals surface area contributed by atoms with Crippen LogP contribution in [0.3, 0.4) is 0 Å². The summed E-state index contributed by atoms with van der Waals surface area (Å²) in [6.45, 7) is 0. The Bertz CT molecular complexity index is 725. The van der Waals surface area contributed by atoms with Crippen molar-refractivity contribution in [3.63, 3.8) is 0 Å². The fourth-order valence-electron chi connectivity index (χ4n) is 1.99. The van der Waals surface area contributed by atoms with E-state index in [1.54, 1.807) is 6.20 Å². The van der Waals surface area contributed by atoms with Crippen molar-refractivity contribution in [1.82, 2.24) is 9.97 Å². The summed E-state index contributed by atoms with van der Waals surface area (Å²) >= 11 is 6.79. The summed E-state index contributed by atoms with van der Waals surface area (Å²) in [5, 5.41) is 0. The molecule has 0 spiro atoms. The van der Waals surface area contributed by atoms with E-state index in [4.69, 9.17) is 0 Å². The Morgan fingerprint density at radius 1 is 0.700 bits per heavy atom. The molecule has 4 heteroatoms. The van der Waals surface area contributed by atoms with E-state index in [2.05, 4.69) is 78.2 Å². The lowest BCUT2D eigenvalue weighted by molar-refractivity contribution is 1.14. The minimum absolute atomic E-state index is 0.725. The van der Waals surface area contributed by atoms with E-state index in [1.807, 2.05) is 18.2 Å². The van der Waals surface area contributed by atoms with Crippen LogP contribution in [0.2, 0.25) is 0 Å². The van der Waals surface area contributed by atoms with Crippen LogP contribution in [0.4, 0.5) is 0 Å². The zero-order valence-corrected chi connectivity index (χ0v) is 13.6. The number of aromatic nitrogens is 2. The van der Waals surface area contributed by atoms with Crippen LogP contribution in [0.15, 0.2) is 70.0 Å². The molecule has 98 valence electrons. The maximum absolute atomic E-state index is 4.45. The molecule has 2 nitrogen and oxygen atoms in total. The summed E-state index contributed by atoms with van der Waals surface area (Å²) in [5.41, 5.74) is 4.26. The molecular weight excluding hydrogens is 380 g/mol. The van der Waals surface area contributed by atoms with Crippen LogP contribution in [-0.2, 0) is 0 Å². The first-order chi connectivity index (χ1) is 9.74. The third kappa shape index (κ3) is 2.81. The van der Waals surface area contributed by atoms with Crippen LogP contribution in [-0.4, -0.2) is 9.97 Å². The average Bonchev–Trinajstić information content (AvgIpc) is 2.51. The van der Waals surface area contributed by atoms with Crippen molar-refractivity contribution >= 4 is 31.9 Å². The minimum atomic E-state index is 0.725. The third-order valence-electron chi connectivity index (χ3n) is 2.96. The molecule has 0 fully saturated rings. The average molecular weight is 390 g/mol. The smallest absolute Gasteiger partial charge is 0.132 e. The van der Waals surface area contributed by atoms with E-state index in [0.29, 0.717) is 0 Å². The summed E-state index contributed by atoms with van der Waals surface area (Å²) < 4.78 is 1.47. The Hall–Kier alpha value is -1.52. The van der Waals surface area contributed by atoms with E-state index in [-0.39, 0.29) is 0 Å². The standard InChI is InChI=1S/C16H10Br2N2/c17-14-10-19-16(18)15(20-14)13-8-6-12(7-9-13)11-4-2-1-3-5-11/h1-10H. The van der Waals surface area contributed by atoms with Crippen molar-refractivity contribution in [2.45, 2.75) is 0 Å². The Morgan fingerprint density at radius 2 is 1.30 bits per heavy atom. The van der Waals surface area contributed by atoms with Crippen molar-refractivity contribution in [2.75, 3.05) is 0 Å². The van der Waals surface area contributed by atoms with Gasteiger partial charge < -0.3 is 0 Å². The molecular formula is C16H10Br2N2. The second kappa shape index (κ2) is 5.85. The van der Waals surface area contributed by atoms with Gasteiger partial charge in [-0.2, -0.15) is 0 Å². The summed E-state index contributed by atoms with van der Waals surface area (Å²) in [6, 6.07) is 18.6. The fourth-order valence-corrected chi connectivity index (χ4v) is 2.69. The summed E-state index contributed by atoms with van der Waals surface area (Å²) in [6.07, 6.45) is 1.67. The lowest BCUT2D eigenvalue weighted by Crippen LogP contribution is -1.89. The normalized spacial score (nSPS) is 10.5. The molecule has 3 aromatic rings. The van der Waals surface area contributed by atoms with Gasteiger partial charge in [0.1, 0.15) is 14.9 Å². The molecule has 0 aliphatic rings. The number of rotatable bonds is 2. The number of nitrogens with zero attached hydrogens (tertiary/aromatic N) is 2. The highest BCUT2D eigenvalue weighted by molar-refractivity contribution is 9.11. The highest BCUT2D eigenvalue weighted by atomic mass is 79.9. The molecule has 0 amide bonds. The van der Waals surface area contributed by atoms with Crippen molar-refractivity contribution in [3.05, 3.63) is 70.0 Å². The van der Waals surface area contributed by atoms with Crippen LogP contribution in [0.1, 0.15) is 0 Å². The van der Waals surface area contributed by atoms with Gasteiger partial charge in [-0.05, 0) is 43.0 Å². The van der Waals surface area contributed by atoms with E-state index in [0.717, 1.165) is 20.5 Å². The molecule has 0 N–H and O–H groups in total. The van der Waals surface area contributed by atoms with Crippen LogP contribution in [0.5, 0.6) is 0 Å². The topological polar surface area (TPSA) is 25.8 Å². The van der Waals surface area contributed by atoms with E-state index < -0.39 is 0 Å². The Morgan fingerprint density at radius 3 is 2.00 bits per heavy atom. The maximum atomic E-state index is 4.45. The third-order valence-corrected chi connectivity index (χ3v) is 3.93. The lowest BCUT2D eigenvalue weighted by Gasteiger charge is -2.06. The van der Waals surface area contributed by atoms with Gasteiger partial charge >= 0.3 is 0 Å². The van der Waals surface area contributed by atoms with Crippen molar-refractivity contribution in [1.29, 1.82) is 0 Å². The molecule has 3 rings (SSSR count). The predicted octanol–water partition coefficient (Wildman–Crippen LogP) is 5.34. The van der Waals surface area contributed by atoms with Crippen LogP contribution < -0.4 is 0 Å². The molecule has 2 aromatic carbocycles.